The molecule has 1 fully saturated rings. The van der Waals surface area contributed by atoms with E-state index in [-0.39, 0.29) is 6.04 Å². The molecule has 6 heteroatoms. The Labute approximate surface area is 126 Å². The van der Waals surface area contributed by atoms with Gasteiger partial charge in [-0.25, -0.2) is 9.78 Å². The van der Waals surface area contributed by atoms with Crippen LogP contribution in [0.4, 0.5) is 0 Å². The van der Waals surface area contributed by atoms with E-state index < -0.39 is 11.9 Å². The summed E-state index contributed by atoms with van der Waals surface area (Å²) < 4.78 is 1.10. The number of rotatable bonds is 1. The van der Waals surface area contributed by atoms with Crippen LogP contribution in [-0.2, 0) is 9.59 Å². The number of aliphatic carboxylic acids is 1. The van der Waals surface area contributed by atoms with Gasteiger partial charge in [0.05, 0.1) is 21.8 Å². The molecule has 21 heavy (non-hydrogen) atoms. The van der Waals surface area contributed by atoms with Gasteiger partial charge in [-0.1, -0.05) is 13.0 Å². The van der Waals surface area contributed by atoms with E-state index in [4.69, 9.17) is 5.11 Å². The number of likely N-dealkylation sites (tertiary alicyclic amines) is 1. The highest BCUT2D eigenvalue weighted by Gasteiger charge is 2.34. The lowest BCUT2D eigenvalue weighted by Crippen LogP contribution is -2.44. The quantitative estimate of drug-likeness (QED) is 0.822. The summed E-state index contributed by atoms with van der Waals surface area (Å²) in [5.41, 5.74) is 3.66. The molecule has 0 bridgehead atoms. The number of carboxylic acids is 1. The van der Waals surface area contributed by atoms with Gasteiger partial charge in [0.15, 0.2) is 0 Å². The lowest BCUT2D eigenvalue weighted by atomic mass is 9.89. The summed E-state index contributed by atoms with van der Waals surface area (Å²) in [7, 11) is 0. The molecule has 0 spiro atoms. The third-order valence-corrected chi connectivity index (χ3v) is 4.81. The van der Waals surface area contributed by atoms with E-state index in [1.54, 1.807) is 16.8 Å². The van der Waals surface area contributed by atoms with Gasteiger partial charge in [0, 0.05) is 6.54 Å². The number of fused-ring (bicyclic) bond motifs is 1. The number of aromatic nitrogens is 1. The maximum Gasteiger partial charge on any atom is 0.394 e. The highest BCUT2D eigenvalue weighted by molar-refractivity contribution is 7.16. The van der Waals surface area contributed by atoms with Crippen molar-refractivity contribution in [2.24, 2.45) is 5.92 Å². The summed E-state index contributed by atoms with van der Waals surface area (Å²) in [6, 6.07) is 5.76. The van der Waals surface area contributed by atoms with Gasteiger partial charge in [-0.15, -0.1) is 11.3 Å². The summed E-state index contributed by atoms with van der Waals surface area (Å²) in [5, 5.41) is 9.02. The number of hydrogen-bond donors (Lipinski definition) is 1. The number of thiazole rings is 1. The molecule has 1 aromatic heterocycles. The summed E-state index contributed by atoms with van der Waals surface area (Å²) in [6.07, 6.45) is 1.78. The Balaban J connectivity index is 1.96. The molecule has 1 N–H and O–H groups in total. The van der Waals surface area contributed by atoms with Crippen molar-refractivity contribution in [1.29, 1.82) is 0 Å². The second kappa shape index (κ2) is 5.44. The predicted molar refractivity (Wildman–Crippen MR) is 80.1 cm³/mol. The molecule has 0 saturated carbocycles. The summed E-state index contributed by atoms with van der Waals surface area (Å²) >= 11 is 1.57. The van der Waals surface area contributed by atoms with Gasteiger partial charge in [-0.2, -0.15) is 0 Å². The number of hydrogen-bond acceptors (Lipinski definition) is 4. The summed E-state index contributed by atoms with van der Waals surface area (Å²) in [6.45, 7) is 2.53. The monoisotopic (exact) mass is 304 g/mol. The highest BCUT2D eigenvalue weighted by Crippen LogP contribution is 2.34. The third kappa shape index (κ3) is 2.63. The average Bonchev–Trinajstić information content (AvgIpc) is 2.93. The second-order valence-corrected chi connectivity index (χ2v) is 6.43. The highest BCUT2D eigenvalue weighted by atomic mass is 32.1. The minimum Gasteiger partial charge on any atom is -0.474 e. The first-order valence-corrected chi connectivity index (χ1v) is 7.81. The van der Waals surface area contributed by atoms with E-state index in [1.807, 2.05) is 25.1 Å². The first-order chi connectivity index (χ1) is 10.1. The molecule has 2 aromatic rings. The molecular weight excluding hydrogens is 288 g/mol. The topological polar surface area (TPSA) is 70.5 Å². The molecule has 3 rings (SSSR count). The van der Waals surface area contributed by atoms with Gasteiger partial charge in [-0.05, 0) is 36.5 Å². The van der Waals surface area contributed by atoms with E-state index in [2.05, 4.69) is 4.98 Å². The Morgan fingerprint density at radius 1 is 1.38 bits per heavy atom. The van der Waals surface area contributed by atoms with E-state index in [9.17, 15) is 9.59 Å². The Hall–Kier alpha value is -1.95. The number of piperidine rings is 1. The van der Waals surface area contributed by atoms with Gasteiger partial charge in [0.25, 0.3) is 0 Å². The minimum atomic E-state index is -1.39. The van der Waals surface area contributed by atoms with Crippen LogP contribution in [0.25, 0.3) is 10.2 Å². The molecule has 0 radical (unpaired) electrons. The van der Waals surface area contributed by atoms with Gasteiger partial charge < -0.3 is 10.0 Å². The van der Waals surface area contributed by atoms with Crippen molar-refractivity contribution >= 4 is 33.4 Å². The van der Waals surface area contributed by atoms with Crippen molar-refractivity contribution in [1.82, 2.24) is 9.88 Å². The van der Waals surface area contributed by atoms with Crippen LogP contribution in [0.3, 0.4) is 0 Å². The van der Waals surface area contributed by atoms with Crippen LogP contribution in [0.15, 0.2) is 23.7 Å². The molecule has 5 nitrogen and oxygen atoms in total. The fraction of sp³-hybridized carbons (Fsp3) is 0.400. The standard InChI is InChI=1S/C15H16N2O3S/c1-9-2-4-12(17(7-9)14(18)15(19)20)10-3-5-13-11(6-10)16-8-21-13/h3,5-6,8-9,12H,2,4,7H2,1H3,(H,19,20). The van der Waals surface area contributed by atoms with Crippen LogP contribution in [0.1, 0.15) is 31.4 Å². The zero-order valence-electron chi connectivity index (χ0n) is 11.7. The average molecular weight is 304 g/mol. The van der Waals surface area contributed by atoms with Crippen molar-refractivity contribution in [2.45, 2.75) is 25.8 Å². The lowest BCUT2D eigenvalue weighted by Gasteiger charge is -2.38. The van der Waals surface area contributed by atoms with Crippen LogP contribution in [0.2, 0.25) is 0 Å². The van der Waals surface area contributed by atoms with E-state index in [0.29, 0.717) is 12.5 Å². The maximum absolute atomic E-state index is 12.0. The molecule has 1 amide bonds. The van der Waals surface area contributed by atoms with Crippen molar-refractivity contribution in [3.8, 4) is 0 Å². The van der Waals surface area contributed by atoms with Gasteiger partial charge in [0.1, 0.15) is 0 Å². The lowest BCUT2D eigenvalue weighted by molar-refractivity contribution is -0.158. The SMILES string of the molecule is CC1CCC(c2ccc3scnc3c2)N(C(=O)C(=O)O)C1. The summed E-state index contributed by atoms with van der Waals surface area (Å²) in [5.74, 6) is -1.87. The van der Waals surface area contributed by atoms with Crippen LogP contribution in [-0.4, -0.2) is 33.4 Å². The van der Waals surface area contributed by atoms with Crippen LogP contribution in [0.5, 0.6) is 0 Å². The molecule has 110 valence electrons. The van der Waals surface area contributed by atoms with Gasteiger partial charge in [-0.3, -0.25) is 4.79 Å². The zero-order valence-corrected chi connectivity index (χ0v) is 12.5. The fourth-order valence-corrected chi connectivity index (χ4v) is 3.59. The van der Waals surface area contributed by atoms with E-state index in [1.165, 1.54) is 4.90 Å². The van der Waals surface area contributed by atoms with Gasteiger partial charge in [0.2, 0.25) is 0 Å². The smallest absolute Gasteiger partial charge is 0.394 e. The molecule has 0 aliphatic carbocycles. The normalized spacial score (nSPS) is 22.4. The fourth-order valence-electron chi connectivity index (χ4n) is 2.93. The first-order valence-electron chi connectivity index (χ1n) is 6.93. The number of amides is 1. The largest absolute Gasteiger partial charge is 0.474 e. The van der Waals surface area contributed by atoms with Crippen LogP contribution in [0, 0.1) is 5.92 Å². The summed E-state index contributed by atoms with van der Waals surface area (Å²) in [4.78, 5) is 28.8. The van der Waals surface area contributed by atoms with E-state index >= 15 is 0 Å². The molecule has 1 aliphatic heterocycles. The van der Waals surface area contributed by atoms with Crippen molar-refractivity contribution in [3.05, 3.63) is 29.3 Å². The third-order valence-electron chi connectivity index (χ3n) is 4.00. The van der Waals surface area contributed by atoms with E-state index in [0.717, 1.165) is 28.6 Å². The number of carboxylic acid groups (broad SMARTS) is 1. The molecule has 1 saturated heterocycles. The predicted octanol–water partition coefficient (Wildman–Crippen LogP) is 2.68. The molecule has 1 aromatic carbocycles. The zero-order chi connectivity index (χ0) is 15.0. The Morgan fingerprint density at radius 3 is 2.95 bits per heavy atom. The van der Waals surface area contributed by atoms with Crippen LogP contribution >= 0.6 is 11.3 Å². The second-order valence-electron chi connectivity index (χ2n) is 5.54. The number of benzene rings is 1. The van der Waals surface area contributed by atoms with Crippen molar-refractivity contribution in [2.75, 3.05) is 6.54 Å². The van der Waals surface area contributed by atoms with Gasteiger partial charge >= 0.3 is 11.9 Å². The Morgan fingerprint density at radius 2 is 2.19 bits per heavy atom. The Kier molecular flexibility index (Phi) is 3.63. The minimum absolute atomic E-state index is 0.170. The Bertz CT molecular complexity index is 697. The maximum atomic E-state index is 12.0. The number of nitrogens with zero attached hydrogens (tertiary/aromatic N) is 2. The molecular formula is C15H16N2O3S. The molecule has 1 aliphatic rings. The van der Waals surface area contributed by atoms with Crippen molar-refractivity contribution < 1.29 is 14.7 Å². The molecule has 2 atom stereocenters. The van der Waals surface area contributed by atoms with Crippen LogP contribution < -0.4 is 0 Å². The number of carbonyl (C=O) groups is 2. The first kappa shape index (κ1) is 14.0. The number of carbonyl (C=O) groups excluding carboxylic acids is 1. The molecule has 2 unspecified atom stereocenters. The molecule has 2 heterocycles. The van der Waals surface area contributed by atoms with Crippen molar-refractivity contribution in [3.63, 3.8) is 0 Å².